The summed E-state index contributed by atoms with van der Waals surface area (Å²) in [5, 5.41) is 9.40. The monoisotopic (exact) mass is 417 g/mol. The van der Waals surface area contributed by atoms with Crippen molar-refractivity contribution < 1.29 is 27.3 Å². The van der Waals surface area contributed by atoms with Crippen LogP contribution in [-0.2, 0) is 0 Å². The molecule has 0 radical (unpaired) electrons. The number of nitro groups is 1. The van der Waals surface area contributed by atoms with Crippen LogP contribution in [0.25, 0.3) is 0 Å². The SMILES string of the molecule is O=C(c1ccc([N+](=O)[O-])cc1)N1CCN(c2c(F)c(F)c(Cl)c(F)c2F)CC1. The van der Waals surface area contributed by atoms with Crippen molar-refractivity contribution in [1.29, 1.82) is 0 Å². The van der Waals surface area contributed by atoms with Crippen molar-refractivity contribution in [2.45, 2.75) is 0 Å². The number of carbonyl (C=O) groups excluding carboxylic acids is 1. The average Bonchev–Trinajstić information content (AvgIpc) is 2.71. The summed E-state index contributed by atoms with van der Waals surface area (Å²) in [7, 11) is 0. The van der Waals surface area contributed by atoms with E-state index in [-0.39, 0.29) is 37.4 Å². The van der Waals surface area contributed by atoms with Crippen LogP contribution in [0.1, 0.15) is 10.4 Å². The molecule has 1 amide bonds. The Morgan fingerprint density at radius 1 is 0.929 bits per heavy atom. The Hall–Kier alpha value is -2.88. The molecule has 2 aromatic rings. The van der Waals surface area contributed by atoms with Crippen LogP contribution < -0.4 is 4.90 Å². The number of anilines is 1. The Labute approximate surface area is 161 Å². The number of non-ortho nitro benzene ring substituents is 1. The van der Waals surface area contributed by atoms with E-state index < -0.39 is 44.8 Å². The molecule has 0 saturated carbocycles. The molecule has 11 heteroatoms. The van der Waals surface area contributed by atoms with E-state index >= 15 is 0 Å². The summed E-state index contributed by atoms with van der Waals surface area (Å²) in [5.74, 6) is -6.98. The molecule has 0 unspecified atom stereocenters. The summed E-state index contributed by atoms with van der Waals surface area (Å²) in [4.78, 5) is 25.0. The number of carbonyl (C=O) groups is 1. The number of nitro benzene ring substituents is 1. The maximum atomic E-state index is 14.1. The van der Waals surface area contributed by atoms with E-state index in [2.05, 4.69) is 0 Å². The Morgan fingerprint density at radius 2 is 1.43 bits per heavy atom. The molecule has 148 valence electrons. The molecule has 28 heavy (non-hydrogen) atoms. The first-order valence-corrected chi connectivity index (χ1v) is 8.40. The van der Waals surface area contributed by atoms with Crippen LogP contribution in [0, 0.1) is 33.4 Å². The van der Waals surface area contributed by atoms with Crippen molar-refractivity contribution in [3.8, 4) is 0 Å². The second-order valence-corrected chi connectivity index (χ2v) is 6.38. The molecule has 2 aromatic carbocycles. The van der Waals surface area contributed by atoms with Crippen LogP contribution in [0.5, 0.6) is 0 Å². The first-order chi connectivity index (χ1) is 13.2. The van der Waals surface area contributed by atoms with Crippen LogP contribution in [0.15, 0.2) is 24.3 Å². The van der Waals surface area contributed by atoms with Gasteiger partial charge in [0.1, 0.15) is 10.7 Å². The third-order valence-corrected chi connectivity index (χ3v) is 4.73. The maximum Gasteiger partial charge on any atom is 0.269 e. The molecular formula is C17H12ClF4N3O3. The zero-order valence-corrected chi connectivity index (χ0v) is 14.8. The number of benzene rings is 2. The van der Waals surface area contributed by atoms with Gasteiger partial charge in [0.05, 0.1) is 4.92 Å². The summed E-state index contributed by atoms with van der Waals surface area (Å²) >= 11 is 5.22. The van der Waals surface area contributed by atoms with E-state index in [1.54, 1.807) is 0 Å². The van der Waals surface area contributed by atoms with E-state index in [1.165, 1.54) is 29.2 Å². The fourth-order valence-electron chi connectivity index (χ4n) is 2.91. The summed E-state index contributed by atoms with van der Waals surface area (Å²) in [5.41, 5.74) is -0.832. The van der Waals surface area contributed by atoms with Crippen molar-refractivity contribution in [3.05, 3.63) is 68.2 Å². The Morgan fingerprint density at radius 3 is 1.89 bits per heavy atom. The van der Waals surface area contributed by atoms with Crippen molar-refractivity contribution in [1.82, 2.24) is 4.90 Å². The highest BCUT2D eigenvalue weighted by Gasteiger charge is 2.31. The van der Waals surface area contributed by atoms with Crippen molar-refractivity contribution in [2.24, 2.45) is 0 Å². The third kappa shape index (κ3) is 3.47. The molecule has 1 saturated heterocycles. The number of nitrogens with zero attached hydrogens (tertiary/aromatic N) is 3. The molecule has 0 atom stereocenters. The Balaban J connectivity index is 1.75. The molecule has 1 heterocycles. The van der Waals surface area contributed by atoms with Crippen LogP contribution in [0.3, 0.4) is 0 Å². The van der Waals surface area contributed by atoms with Gasteiger partial charge in [-0.2, -0.15) is 0 Å². The molecule has 0 aliphatic carbocycles. The maximum absolute atomic E-state index is 14.1. The standard InChI is InChI=1S/C17H12ClF4N3O3/c18-11-12(19)14(21)16(15(22)13(11)20)23-5-7-24(8-6-23)17(26)9-1-3-10(4-2-9)25(27)28/h1-4H,5-8H2. The lowest BCUT2D eigenvalue weighted by Gasteiger charge is -2.36. The molecule has 1 aliphatic rings. The van der Waals surface area contributed by atoms with Crippen molar-refractivity contribution in [2.75, 3.05) is 31.1 Å². The van der Waals surface area contributed by atoms with Gasteiger partial charge in [0.2, 0.25) is 0 Å². The first-order valence-electron chi connectivity index (χ1n) is 8.02. The number of halogens is 5. The fraction of sp³-hybridized carbons (Fsp3) is 0.235. The van der Waals surface area contributed by atoms with E-state index in [9.17, 15) is 32.5 Å². The van der Waals surface area contributed by atoms with Gasteiger partial charge in [0.25, 0.3) is 11.6 Å². The van der Waals surface area contributed by atoms with E-state index in [0.717, 1.165) is 4.90 Å². The quantitative estimate of drug-likeness (QED) is 0.251. The van der Waals surface area contributed by atoms with Gasteiger partial charge in [-0.25, -0.2) is 17.6 Å². The highest BCUT2D eigenvalue weighted by molar-refractivity contribution is 6.31. The van der Waals surface area contributed by atoms with Gasteiger partial charge in [0.15, 0.2) is 23.3 Å². The lowest BCUT2D eigenvalue weighted by Crippen LogP contribution is -2.49. The van der Waals surface area contributed by atoms with Gasteiger partial charge in [-0.05, 0) is 12.1 Å². The molecule has 0 aromatic heterocycles. The molecule has 0 spiro atoms. The molecule has 0 bridgehead atoms. The normalized spacial score (nSPS) is 14.3. The lowest BCUT2D eigenvalue weighted by atomic mass is 10.1. The third-order valence-electron chi connectivity index (χ3n) is 4.39. The average molecular weight is 418 g/mol. The van der Waals surface area contributed by atoms with Crippen LogP contribution in [-0.4, -0.2) is 41.9 Å². The molecular weight excluding hydrogens is 406 g/mol. The molecule has 0 N–H and O–H groups in total. The summed E-state index contributed by atoms with van der Waals surface area (Å²) in [6.45, 7) is -0.0960. The van der Waals surface area contributed by atoms with Crippen LogP contribution in [0.4, 0.5) is 28.9 Å². The highest BCUT2D eigenvalue weighted by atomic mass is 35.5. The molecule has 1 aliphatic heterocycles. The zero-order chi connectivity index (χ0) is 20.6. The van der Waals surface area contributed by atoms with Crippen LogP contribution >= 0.6 is 11.6 Å². The Kier molecular flexibility index (Phi) is 5.41. The minimum absolute atomic E-state index is 0.0283. The predicted octanol–water partition coefficient (Wildman–Crippen LogP) is 3.77. The number of amides is 1. The number of piperazine rings is 1. The summed E-state index contributed by atoms with van der Waals surface area (Å²) < 4.78 is 55.4. The number of hydrogen-bond acceptors (Lipinski definition) is 4. The van der Waals surface area contributed by atoms with Gasteiger partial charge in [-0.3, -0.25) is 14.9 Å². The van der Waals surface area contributed by atoms with Gasteiger partial charge in [-0.1, -0.05) is 11.6 Å². The fourth-order valence-corrected chi connectivity index (χ4v) is 3.08. The molecule has 6 nitrogen and oxygen atoms in total. The smallest absolute Gasteiger partial charge is 0.269 e. The zero-order valence-electron chi connectivity index (χ0n) is 14.1. The topological polar surface area (TPSA) is 66.7 Å². The van der Waals surface area contributed by atoms with Gasteiger partial charge in [0, 0.05) is 43.9 Å². The molecule has 1 fully saturated rings. The highest BCUT2D eigenvalue weighted by Crippen LogP contribution is 2.34. The van der Waals surface area contributed by atoms with E-state index in [4.69, 9.17) is 11.6 Å². The predicted molar refractivity (Wildman–Crippen MR) is 92.5 cm³/mol. The van der Waals surface area contributed by atoms with Gasteiger partial charge in [-0.15, -0.1) is 0 Å². The summed E-state index contributed by atoms with van der Waals surface area (Å²) in [6.07, 6.45) is 0. The minimum Gasteiger partial charge on any atom is -0.363 e. The first kappa shape index (κ1) is 19.9. The second-order valence-electron chi connectivity index (χ2n) is 6.00. The van der Waals surface area contributed by atoms with E-state index in [1.807, 2.05) is 0 Å². The number of rotatable bonds is 3. The van der Waals surface area contributed by atoms with E-state index in [0.29, 0.717) is 0 Å². The second kappa shape index (κ2) is 7.63. The van der Waals surface area contributed by atoms with Gasteiger partial charge >= 0.3 is 0 Å². The largest absolute Gasteiger partial charge is 0.363 e. The van der Waals surface area contributed by atoms with Gasteiger partial charge < -0.3 is 9.80 Å². The lowest BCUT2D eigenvalue weighted by molar-refractivity contribution is -0.384. The van der Waals surface area contributed by atoms with Crippen LogP contribution in [0.2, 0.25) is 5.02 Å². The van der Waals surface area contributed by atoms with Crippen molar-refractivity contribution in [3.63, 3.8) is 0 Å². The number of hydrogen-bond donors (Lipinski definition) is 0. The molecule has 3 rings (SSSR count). The van der Waals surface area contributed by atoms with Crippen molar-refractivity contribution >= 4 is 28.9 Å². The minimum atomic E-state index is -1.68. The summed E-state index contributed by atoms with van der Waals surface area (Å²) in [6, 6.07) is 4.98. The Bertz CT molecular complexity index is 919.